The van der Waals surface area contributed by atoms with Gasteiger partial charge in [0.05, 0.1) is 12.2 Å². The van der Waals surface area contributed by atoms with Crippen LogP contribution >= 0.6 is 0 Å². The van der Waals surface area contributed by atoms with Crippen molar-refractivity contribution in [1.29, 1.82) is 0 Å². The number of aliphatic hydroxyl groups is 1. The Morgan fingerprint density at radius 1 is 1.38 bits per heavy atom. The van der Waals surface area contributed by atoms with E-state index in [-0.39, 0.29) is 0 Å². The molecule has 1 aliphatic carbocycles. The molecule has 0 unspecified atom stereocenters. The summed E-state index contributed by atoms with van der Waals surface area (Å²) in [7, 11) is 1.66. The first-order chi connectivity index (χ1) is 6.07. The van der Waals surface area contributed by atoms with E-state index in [4.69, 9.17) is 4.74 Å². The van der Waals surface area contributed by atoms with E-state index in [2.05, 4.69) is 13.8 Å². The van der Waals surface area contributed by atoms with Crippen LogP contribution in [-0.4, -0.2) is 24.4 Å². The fourth-order valence-electron chi connectivity index (χ4n) is 2.26. The van der Waals surface area contributed by atoms with Gasteiger partial charge in [0.2, 0.25) is 0 Å². The van der Waals surface area contributed by atoms with E-state index < -0.39 is 5.60 Å². The van der Waals surface area contributed by atoms with Gasteiger partial charge in [-0.1, -0.05) is 13.8 Å². The zero-order valence-corrected chi connectivity index (χ0v) is 9.05. The van der Waals surface area contributed by atoms with Gasteiger partial charge in [0.15, 0.2) is 0 Å². The molecule has 0 aromatic heterocycles. The Morgan fingerprint density at radius 3 is 2.31 bits per heavy atom. The minimum absolute atomic E-state index is 0.498. The lowest BCUT2D eigenvalue weighted by Gasteiger charge is -2.36. The largest absolute Gasteiger partial charge is 0.387 e. The molecule has 0 aliphatic heterocycles. The van der Waals surface area contributed by atoms with Gasteiger partial charge in [0, 0.05) is 7.11 Å². The molecule has 0 atom stereocenters. The number of methoxy groups -OCH3 is 1. The summed E-state index contributed by atoms with van der Waals surface area (Å²) in [5.74, 6) is 1.56. The first-order valence-electron chi connectivity index (χ1n) is 5.29. The SMILES string of the molecule is COCC1(O)CCC(C(C)C)CC1. The van der Waals surface area contributed by atoms with Crippen molar-refractivity contribution in [2.75, 3.05) is 13.7 Å². The van der Waals surface area contributed by atoms with E-state index in [0.29, 0.717) is 6.61 Å². The van der Waals surface area contributed by atoms with Crippen molar-refractivity contribution in [1.82, 2.24) is 0 Å². The van der Waals surface area contributed by atoms with E-state index >= 15 is 0 Å². The highest BCUT2D eigenvalue weighted by atomic mass is 16.5. The average molecular weight is 186 g/mol. The summed E-state index contributed by atoms with van der Waals surface area (Å²) in [4.78, 5) is 0. The monoisotopic (exact) mass is 186 g/mol. The zero-order chi connectivity index (χ0) is 9.90. The van der Waals surface area contributed by atoms with Crippen molar-refractivity contribution in [2.24, 2.45) is 11.8 Å². The van der Waals surface area contributed by atoms with Gasteiger partial charge in [-0.2, -0.15) is 0 Å². The Bertz CT molecular complexity index is 146. The Morgan fingerprint density at radius 2 is 1.92 bits per heavy atom. The van der Waals surface area contributed by atoms with E-state index in [1.54, 1.807) is 7.11 Å². The maximum Gasteiger partial charge on any atom is 0.0880 e. The molecular weight excluding hydrogens is 164 g/mol. The van der Waals surface area contributed by atoms with Crippen LogP contribution in [0.2, 0.25) is 0 Å². The third kappa shape index (κ3) is 2.96. The third-order valence-corrected chi connectivity index (χ3v) is 3.32. The van der Waals surface area contributed by atoms with Crippen molar-refractivity contribution >= 4 is 0 Å². The predicted octanol–water partition coefficient (Wildman–Crippen LogP) is 2.21. The van der Waals surface area contributed by atoms with Gasteiger partial charge in [-0.3, -0.25) is 0 Å². The lowest BCUT2D eigenvalue weighted by Crippen LogP contribution is -2.39. The average Bonchev–Trinajstić information content (AvgIpc) is 2.05. The lowest BCUT2D eigenvalue weighted by atomic mass is 9.75. The minimum atomic E-state index is -0.528. The summed E-state index contributed by atoms with van der Waals surface area (Å²) in [6, 6.07) is 0. The zero-order valence-electron chi connectivity index (χ0n) is 9.05. The molecule has 0 saturated heterocycles. The number of hydrogen-bond acceptors (Lipinski definition) is 2. The molecular formula is C11H22O2. The van der Waals surface area contributed by atoms with Crippen molar-refractivity contribution in [3.63, 3.8) is 0 Å². The van der Waals surface area contributed by atoms with Crippen molar-refractivity contribution < 1.29 is 9.84 Å². The summed E-state index contributed by atoms with van der Waals surface area (Å²) in [5, 5.41) is 10.0. The fraction of sp³-hybridized carbons (Fsp3) is 1.00. The number of hydrogen-bond donors (Lipinski definition) is 1. The molecule has 0 spiro atoms. The lowest BCUT2D eigenvalue weighted by molar-refractivity contribution is -0.0675. The highest BCUT2D eigenvalue weighted by Gasteiger charge is 2.33. The second-order valence-electron chi connectivity index (χ2n) is 4.74. The smallest absolute Gasteiger partial charge is 0.0880 e. The second kappa shape index (κ2) is 4.43. The fourth-order valence-corrected chi connectivity index (χ4v) is 2.26. The predicted molar refractivity (Wildman–Crippen MR) is 53.6 cm³/mol. The van der Waals surface area contributed by atoms with Gasteiger partial charge < -0.3 is 9.84 Å². The third-order valence-electron chi connectivity index (χ3n) is 3.32. The Balaban J connectivity index is 2.37. The van der Waals surface area contributed by atoms with Crippen LogP contribution in [0.1, 0.15) is 39.5 Å². The Labute approximate surface area is 81.3 Å². The molecule has 0 heterocycles. The van der Waals surface area contributed by atoms with Crippen molar-refractivity contribution in [2.45, 2.75) is 45.1 Å². The normalized spacial score (nSPS) is 35.3. The van der Waals surface area contributed by atoms with E-state index in [9.17, 15) is 5.11 Å². The van der Waals surface area contributed by atoms with E-state index in [1.807, 2.05) is 0 Å². The van der Waals surface area contributed by atoms with Crippen molar-refractivity contribution in [3.8, 4) is 0 Å². The van der Waals surface area contributed by atoms with Crippen LogP contribution in [0.3, 0.4) is 0 Å². The topological polar surface area (TPSA) is 29.5 Å². The van der Waals surface area contributed by atoms with E-state index in [1.165, 1.54) is 0 Å². The summed E-state index contributed by atoms with van der Waals surface area (Å²) in [6.07, 6.45) is 4.11. The molecule has 1 fully saturated rings. The molecule has 0 aromatic carbocycles. The summed E-state index contributed by atoms with van der Waals surface area (Å²) < 4.78 is 5.03. The van der Waals surface area contributed by atoms with Gasteiger partial charge in [-0.05, 0) is 37.5 Å². The van der Waals surface area contributed by atoms with Crippen LogP contribution in [0, 0.1) is 11.8 Å². The maximum absolute atomic E-state index is 10.0. The molecule has 0 amide bonds. The highest BCUT2D eigenvalue weighted by Crippen LogP contribution is 2.35. The van der Waals surface area contributed by atoms with Crippen LogP contribution in [0.25, 0.3) is 0 Å². The molecule has 0 radical (unpaired) electrons. The molecule has 2 nitrogen and oxygen atoms in total. The first-order valence-corrected chi connectivity index (χ1v) is 5.29. The first kappa shape index (κ1) is 11.0. The molecule has 1 aliphatic rings. The molecule has 0 aromatic rings. The second-order valence-corrected chi connectivity index (χ2v) is 4.74. The van der Waals surface area contributed by atoms with Crippen LogP contribution in [0.15, 0.2) is 0 Å². The minimum Gasteiger partial charge on any atom is -0.387 e. The molecule has 2 heteroatoms. The number of ether oxygens (including phenoxy) is 1. The maximum atomic E-state index is 10.0. The van der Waals surface area contributed by atoms with Gasteiger partial charge >= 0.3 is 0 Å². The quantitative estimate of drug-likeness (QED) is 0.732. The van der Waals surface area contributed by atoms with Gasteiger partial charge in [-0.25, -0.2) is 0 Å². The van der Waals surface area contributed by atoms with Crippen LogP contribution in [-0.2, 0) is 4.74 Å². The Kier molecular flexibility index (Phi) is 3.74. The Hall–Kier alpha value is -0.0800. The summed E-state index contributed by atoms with van der Waals surface area (Å²) >= 11 is 0. The van der Waals surface area contributed by atoms with Gasteiger partial charge in [-0.15, -0.1) is 0 Å². The highest BCUT2D eigenvalue weighted by molar-refractivity contribution is 4.86. The summed E-state index contributed by atoms with van der Waals surface area (Å²) in [6.45, 7) is 5.04. The van der Waals surface area contributed by atoms with Gasteiger partial charge in [0.25, 0.3) is 0 Å². The van der Waals surface area contributed by atoms with Crippen molar-refractivity contribution in [3.05, 3.63) is 0 Å². The van der Waals surface area contributed by atoms with E-state index in [0.717, 1.165) is 37.5 Å². The molecule has 78 valence electrons. The number of rotatable bonds is 3. The molecule has 0 bridgehead atoms. The summed E-state index contributed by atoms with van der Waals surface area (Å²) in [5.41, 5.74) is -0.528. The molecule has 1 rings (SSSR count). The standard InChI is InChI=1S/C11H22O2/c1-9(2)10-4-6-11(12,7-5-10)8-13-3/h9-10,12H,4-8H2,1-3H3. The molecule has 13 heavy (non-hydrogen) atoms. The molecule has 1 N–H and O–H groups in total. The van der Waals surface area contributed by atoms with Crippen LogP contribution < -0.4 is 0 Å². The van der Waals surface area contributed by atoms with Gasteiger partial charge in [0.1, 0.15) is 0 Å². The van der Waals surface area contributed by atoms with Crippen LogP contribution in [0.4, 0.5) is 0 Å². The molecule has 1 saturated carbocycles. The van der Waals surface area contributed by atoms with Crippen LogP contribution in [0.5, 0.6) is 0 Å².